The third-order valence-electron chi connectivity index (χ3n) is 3.38. The van der Waals surface area contributed by atoms with Gasteiger partial charge in [0.2, 0.25) is 0 Å². The summed E-state index contributed by atoms with van der Waals surface area (Å²) < 4.78 is 9.90. The van der Waals surface area contributed by atoms with Crippen molar-refractivity contribution in [3.8, 4) is 12.1 Å². The smallest absolute Gasteiger partial charge is 0.307 e. The zero-order valence-electron chi connectivity index (χ0n) is 15.6. The molecule has 2 atom stereocenters. The molecule has 0 aliphatic heterocycles. The molecule has 0 fully saturated rings. The molecule has 0 spiro atoms. The molecule has 2 unspecified atom stereocenters. The number of nitriles is 2. The second-order valence-corrected chi connectivity index (χ2v) is 5.81. The van der Waals surface area contributed by atoms with E-state index in [1.807, 2.05) is 13.8 Å². The van der Waals surface area contributed by atoms with Crippen LogP contribution in [0.4, 0.5) is 0 Å². The van der Waals surface area contributed by atoms with Crippen LogP contribution in [0.5, 0.6) is 0 Å². The number of esters is 2. The molecule has 0 saturated carbocycles. The summed E-state index contributed by atoms with van der Waals surface area (Å²) in [5.41, 5.74) is 0. The molecule has 8 heteroatoms. The maximum Gasteiger partial charge on any atom is 0.307 e. The van der Waals surface area contributed by atoms with Gasteiger partial charge in [0, 0.05) is 0 Å². The molecule has 0 radical (unpaired) electrons. The Balaban J connectivity index is 3.99. The van der Waals surface area contributed by atoms with Crippen molar-refractivity contribution >= 4 is 11.9 Å². The van der Waals surface area contributed by atoms with Crippen LogP contribution < -0.4 is 0 Å². The van der Waals surface area contributed by atoms with E-state index in [1.165, 1.54) is 0 Å². The van der Waals surface area contributed by atoms with Gasteiger partial charge in [0.25, 0.3) is 0 Å². The highest BCUT2D eigenvalue weighted by Gasteiger charge is 2.15. The standard InChI is InChI=1S/C18H28N4O4/c1-3-9-25-17(23)11-15(13-19)5-7-21-22-8-6-16(14-20)12-18(24)26-10-4-2/h15-16H,3-12H2,1-2H3. The maximum absolute atomic E-state index is 11.5. The lowest BCUT2D eigenvalue weighted by molar-refractivity contribution is -0.145. The highest BCUT2D eigenvalue weighted by molar-refractivity contribution is 5.70. The van der Waals surface area contributed by atoms with Crippen molar-refractivity contribution in [2.45, 2.75) is 52.4 Å². The fraction of sp³-hybridized carbons (Fsp3) is 0.778. The molecule has 0 bridgehead atoms. The van der Waals surface area contributed by atoms with Crippen LogP contribution in [0.2, 0.25) is 0 Å². The van der Waals surface area contributed by atoms with Crippen molar-refractivity contribution in [3.63, 3.8) is 0 Å². The molecular weight excluding hydrogens is 336 g/mol. The minimum atomic E-state index is -0.446. The summed E-state index contributed by atoms with van der Waals surface area (Å²) >= 11 is 0. The van der Waals surface area contributed by atoms with E-state index in [2.05, 4.69) is 22.4 Å². The largest absolute Gasteiger partial charge is 0.466 e. The average molecular weight is 364 g/mol. The van der Waals surface area contributed by atoms with E-state index in [9.17, 15) is 9.59 Å². The molecule has 0 N–H and O–H groups in total. The van der Waals surface area contributed by atoms with Crippen LogP contribution in [0.25, 0.3) is 0 Å². The maximum atomic E-state index is 11.5. The number of azo groups is 1. The van der Waals surface area contributed by atoms with Gasteiger partial charge in [-0.2, -0.15) is 20.8 Å². The van der Waals surface area contributed by atoms with E-state index in [1.54, 1.807) is 0 Å². The van der Waals surface area contributed by atoms with Crippen LogP contribution in [-0.4, -0.2) is 38.2 Å². The topological polar surface area (TPSA) is 125 Å². The summed E-state index contributed by atoms with van der Waals surface area (Å²) in [6.45, 7) is 5.19. The van der Waals surface area contributed by atoms with E-state index in [4.69, 9.17) is 20.0 Å². The SMILES string of the molecule is CCCOC(=O)CC(C#N)CCN=NCCC(C#N)CC(=O)OCCC. The van der Waals surface area contributed by atoms with Crippen molar-refractivity contribution in [2.24, 2.45) is 22.1 Å². The monoisotopic (exact) mass is 364 g/mol. The molecule has 0 aliphatic rings. The van der Waals surface area contributed by atoms with Crippen LogP contribution in [-0.2, 0) is 19.1 Å². The molecule has 0 aromatic rings. The number of carbonyl (C=O) groups excluding carboxylic acids is 2. The van der Waals surface area contributed by atoms with Crippen LogP contribution in [0.3, 0.4) is 0 Å². The molecule has 0 rings (SSSR count). The third-order valence-corrected chi connectivity index (χ3v) is 3.38. The molecule has 144 valence electrons. The highest BCUT2D eigenvalue weighted by atomic mass is 16.5. The Morgan fingerprint density at radius 2 is 1.23 bits per heavy atom. The highest BCUT2D eigenvalue weighted by Crippen LogP contribution is 2.11. The van der Waals surface area contributed by atoms with Crippen LogP contribution >= 0.6 is 0 Å². The van der Waals surface area contributed by atoms with Crippen LogP contribution in [0.1, 0.15) is 52.4 Å². The Morgan fingerprint density at radius 3 is 1.54 bits per heavy atom. The van der Waals surface area contributed by atoms with Crippen molar-refractivity contribution in [1.29, 1.82) is 10.5 Å². The molecule has 0 aromatic heterocycles. The average Bonchev–Trinajstić information content (AvgIpc) is 2.65. The number of hydrogen-bond donors (Lipinski definition) is 0. The second-order valence-electron chi connectivity index (χ2n) is 5.81. The first-order valence-electron chi connectivity index (χ1n) is 9.01. The van der Waals surface area contributed by atoms with Gasteiger partial charge < -0.3 is 9.47 Å². The molecule has 0 saturated heterocycles. The second kappa shape index (κ2) is 16.0. The first-order chi connectivity index (χ1) is 12.6. The quantitative estimate of drug-likeness (QED) is 0.344. The first kappa shape index (κ1) is 23.5. The molecule has 26 heavy (non-hydrogen) atoms. The summed E-state index contributed by atoms with van der Waals surface area (Å²) in [5.74, 6) is -1.64. The van der Waals surface area contributed by atoms with E-state index in [0.29, 0.717) is 39.1 Å². The summed E-state index contributed by atoms with van der Waals surface area (Å²) in [5, 5.41) is 26.0. The van der Waals surface area contributed by atoms with Gasteiger partial charge in [-0.05, 0) is 25.7 Å². The van der Waals surface area contributed by atoms with Crippen molar-refractivity contribution in [3.05, 3.63) is 0 Å². The lowest BCUT2D eigenvalue weighted by atomic mass is 10.0. The Kier molecular flexibility index (Phi) is 14.5. The predicted octanol–water partition coefficient (Wildman–Crippen LogP) is 3.18. The Bertz CT molecular complexity index is 476. The van der Waals surface area contributed by atoms with Crippen molar-refractivity contribution in [2.75, 3.05) is 26.3 Å². The molecular formula is C18H28N4O4. The van der Waals surface area contributed by atoms with Crippen LogP contribution in [0, 0.1) is 34.5 Å². The number of ether oxygens (including phenoxy) is 2. The van der Waals surface area contributed by atoms with Crippen LogP contribution in [0.15, 0.2) is 10.2 Å². The summed E-state index contributed by atoms with van der Waals surface area (Å²) in [7, 11) is 0. The number of hydrogen-bond acceptors (Lipinski definition) is 8. The van der Waals surface area contributed by atoms with E-state index < -0.39 is 11.8 Å². The lowest BCUT2D eigenvalue weighted by Gasteiger charge is -2.07. The Labute approximate surface area is 155 Å². The lowest BCUT2D eigenvalue weighted by Crippen LogP contribution is -2.12. The number of nitrogens with zero attached hydrogens (tertiary/aromatic N) is 4. The zero-order chi connectivity index (χ0) is 19.6. The van der Waals surface area contributed by atoms with Gasteiger partial charge >= 0.3 is 11.9 Å². The van der Waals surface area contributed by atoms with Gasteiger partial charge in [-0.1, -0.05) is 13.8 Å². The molecule has 0 amide bonds. The summed E-state index contributed by atoms with van der Waals surface area (Å²) in [6, 6.07) is 4.14. The number of carbonyl (C=O) groups is 2. The van der Waals surface area contributed by atoms with E-state index in [0.717, 1.165) is 12.8 Å². The van der Waals surface area contributed by atoms with E-state index in [-0.39, 0.29) is 24.8 Å². The predicted molar refractivity (Wildman–Crippen MR) is 93.8 cm³/mol. The van der Waals surface area contributed by atoms with E-state index >= 15 is 0 Å². The van der Waals surface area contributed by atoms with Gasteiger partial charge in [0.1, 0.15) is 0 Å². The van der Waals surface area contributed by atoms with Crippen molar-refractivity contribution in [1.82, 2.24) is 0 Å². The molecule has 0 aromatic carbocycles. The Morgan fingerprint density at radius 1 is 0.846 bits per heavy atom. The third kappa shape index (κ3) is 12.9. The van der Waals surface area contributed by atoms with Gasteiger partial charge in [-0.25, -0.2) is 0 Å². The first-order valence-corrected chi connectivity index (χ1v) is 9.01. The normalized spacial score (nSPS) is 12.8. The zero-order valence-corrected chi connectivity index (χ0v) is 15.6. The molecule has 8 nitrogen and oxygen atoms in total. The minimum absolute atomic E-state index is 0.0579. The van der Waals surface area contributed by atoms with Gasteiger partial charge in [0.15, 0.2) is 0 Å². The minimum Gasteiger partial charge on any atom is -0.466 e. The Hall–Kier alpha value is -2.48. The molecule has 0 aliphatic carbocycles. The summed E-state index contributed by atoms with van der Waals surface area (Å²) in [4.78, 5) is 22.9. The summed E-state index contributed by atoms with van der Waals surface area (Å²) in [6.07, 6.45) is 2.46. The fourth-order valence-electron chi connectivity index (χ4n) is 1.95. The van der Waals surface area contributed by atoms with Gasteiger partial charge in [0.05, 0.1) is 63.1 Å². The van der Waals surface area contributed by atoms with Gasteiger partial charge in [-0.15, -0.1) is 0 Å². The fourth-order valence-corrected chi connectivity index (χ4v) is 1.95. The van der Waals surface area contributed by atoms with Crippen molar-refractivity contribution < 1.29 is 19.1 Å². The molecule has 0 heterocycles. The number of rotatable bonds is 14. The van der Waals surface area contributed by atoms with Gasteiger partial charge in [-0.3, -0.25) is 9.59 Å².